The first kappa shape index (κ1) is 20.7. The standard InChI is InChI=1S/C23H32N2O3/c1-5-7-12-24-16-20(6-2)28-23(17-24)10-13-25(14-11-23)22(26)19-8-9-21(27-4)18(3)15-19/h8-9,15,20H,6,10-14,16-17H2,1-4H3. The first-order valence-corrected chi connectivity index (χ1v) is 10.2. The number of ether oxygens (including phenoxy) is 2. The van der Waals surface area contributed by atoms with Crippen LogP contribution in [0, 0.1) is 18.8 Å². The summed E-state index contributed by atoms with van der Waals surface area (Å²) in [6, 6.07) is 5.64. The number of hydrogen-bond acceptors (Lipinski definition) is 4. The van der Waals surface area contributed by atoms with Gasteiger partial charge in [0.1, 0.15) is 5.75 Å². The van der Waals surface area contributed by atoms with Gasteiger partial charge in [-0.2, -0.15) is 0 Å². The van der Waals surface area contributed by atoms with Crippen LogP contribution in [0.25, 0.3) is 0 Å². The molecule has 1 unspecified atom stereocenters. The molecular weight excluding hydrogens is 352 g/mol. The van der Waals surface area contributed by atoms with Gasteiger partial charge >= 0.3 is 0 Å². The summed E-state index contributed by atoms with van der Waals surface area (Å²) in [5.74, 6) is 7.10. The summed E-state index contributed by atoms with van der Waals surface area (Å²) in [6.45, 7) is 10.1. The Morgan fingerprint density at radius 2 is 2.11 bits per heavy atom. The van der Waals surface area contributed by atoms with E-state index in [0.717, 1.165) is 68.9 Å². The predicted molar refractivity (Wildman–Crippen MR) is 111 cm³/mol. The second-order valence-corrected chi connectivity index (χ2v) is 7.90. The van der Waals surface area contributed by atoms with Gasteiger partial charge in [0, 0.05) is 31.7 Å². The molecule has 2 aliphatic rings. The molecule has 2 heterocycles. The van der Waals surface area contributed by atoms with Gasteiger partial charge in [0.25, 0.3) is 5.91 Å². The molecule has 0 aliphatic carbocycles. The molecule has 1 aromatic rings. The zero-order chi connectivity index (χ0) is 20.1. The van der Waals surface area contributed by atoms with Gasteiger partial charge < -0.3 is 14.4 Å². The molecule has 1 spiro atoms. The fourth-order valence-corrected chi connectivity index (χ4v) is 4.30. The van der Waals surface area contributed by atoms with Crippen LogP contribution in [0.15, 0.2) is 18.2 Å². The number of rotatable bonds is 4. The minimum absolute atomic E-state index is 0.0946. The van der Waals surface area contributed by atoms with Crippen molar-refractivity contribution in [1.29, 1.82) is 0 Å². The third kappa shape index (κ3) is 4.51. The summed E-state index contributed by atoms with van der Waals surface area (Å²) in [5.41, 5.74) is 1.56. The number of carbonyl (C=O) groups excluding carboxylic acids is 1. The maximum absolute atomic E-state index is 13.0. The molecule has 2 aliphatic heterocycles. The van der Waals surface area contributed by atoms with E-state index in [0.29, 0.717) is 0 Å². The highest BCUT2D eigenvalue weighted by molar-refractivity contribution is 5.94. The molecule has 28 heavy (non-hydrogen) atoms. The molecule has 3 rings (SSSR count). The Bertz CT molecular complexity index is 757. The van der Waals surface area contributed by atoms with E-state index < -0.39 is 0 Å². The molecule has 2 fully saturated rings. The molecule has 5 nitrogen and oxygen atoms in total. The molecule has 5 heteroatoms. The zero-order valence-corrected chi connectivity index (χ0v) is 17.6. The number of benzene rings is 1. The van der Waals surface area contributed by atoms with E-state index in [1.807, 2.05) is 36.9 Å². The highest BCUT2D eigenvalue weighted by atomic mass is 16.5. The molecule has 0 bridgehead atoms. The summed E-state index contributed by atoms with van der Waals surface area (Å²) in [4.78, 5) is 17.3. The number of amides is 1. The molecule has 0 N–H and O–H groups in total. The fraction of sp³-hybridized carbons (Fsp3) is 0.609. The third-order valence-electron chi connectivity index (χ3n) is 5.93. The number of likely N-dealkylation sites (tertiary alicyclic amines) is 1. The van der Waals surface area contributed by atoms with Crippen molar-refractivity contribution in [1.82, 2.24) is 9.80 Å². The smallest absolute Gasteiger partial charge is 0.253 e. The molecular formula is C23H32N2O3. The minimum atomic E-state index is -0.152. The van der Waals surface area contributed by atoms with Gasteiger partial charge in [-0.3, -0.25) is 9.69 Å². The van der Waals surface area contributed by atoms with Gasteiger partial charge in [0.2, 0.25) is 0 Å². The van der Waals surface area contributed by atoms with Gasteiger partial charge in [0.05, 0.1) is 25.4 Å². The van der Waals surface area contributed by atoms with Crippen molar-refractivity contribution >= 4 is 5.91 Å². The summed E-state index contributed by atoms with van der Waals surface area (Å²) in [7, 11) is 1.65. The Hall–Kier alpha value is -2.03. The first-order chi connectivity index (χ1) is 13.5. The molecule has 152 valence electrons. The van der Waals surface area contributed by atoms with Crippen molar-refractivity contribution in [3.8, 4) is 17.6 Å². The van der Waals surface area contributed by atoms with Crippen LogP contribution < -0.4 is 4.74 Å². The fourth-order valence-electron chi connectivity index (χ4n) is 4.30. The average molecular weight is 385 g/mol. The molecule has 1 atom stereocenters. The van der Waals surface area contributed by atoms with Crippen LogP contribution in [0.5, 0.6) is 5.75 Å². The lowest BCUT2D eigenvalue weighted by Crippen LogP contribution is -2.60. The molecule has 1 amide bonds. The van der Waals surface area contributed by atoms with Crippen LogP contribution >= 0.6 is 0 Å². The molecule has 2 saturated heterocycles. The lowest BCUT2D eigenvalue weighted by molar-refractivity contribution is -0.171. The number of methoxy groups -OCH3 is 1. The van der Waals surface area contributed by atoms with E-state index in [-0.39, 0.29) is 17.6 Å². The summed E-state index contributed by atoms with van der Waals surface area (Å²) in [5, 5.41) is 0. The highest BCUT2D eigenvalue weighted by Crippen LogP contribution is 2.33. The number of nitrogens with zero attached hydrogens (tertiary/aromatic N) is 2. The Kier molecular flexibility index (Phi) is 6.64. The van der Waals surface area contributed by atoms with Crippen LogP contribution in [0.4, 0.5) is 0 Å². The molecule has 0 aromatic heterocycles. The van der Waals surface area contributed by atoms with Crippen molar-refractivity contribution in [2.45, 2.75) is 51.7 Å². The van der Waals surface area contributed by atoms with E-state index >= 15 is 0 Å². The average Bonchev–Trinajstić information content (AvgIpc) is 2.72. The second kappa shape index (κ2) is 8.98. The topological polar surface area (TPSA) is 42.0 Å². The monoisotopic (exact) mass is 384 g/mol. The van der Waals surface area contributed by atoms with Crippen LogP contribution in [-0.4, -0.2) is 67.2 Å². The van der Waals surface area contributed by atoms with Gasteiger partial charge in [-0.15, -0.1) is 5.92 Å². The first-order valence-electron chi connectivity index (χ1n) is 10.2. The van der Waals surface area contributed by atoms with E-state index in [2.05, 4.69) is 23.7 Å². The molecule has 0 saturated carbocycles. The van der Waals surface area contributed by atoms with Crippen molar-refractivity contribution in [3.05, 3.63) is 29.3 Å². The van der Waals surface area contributed by atoms with Crippen molar-refractivity contribution in [2.75, 3.05) is 39.8 Å². The van der Waals surface area contributed by atoms with Gasteiger partial charge in [0.15, 0.2) is 0 Å². The Labute approximate surface area is 169 Å². The van der Waals surface area contributed by atoms with Crippen molar-refractivity contribution in [2.24, 2.45) is 0 Å². The number of piperidine rings is 1. The van der Waals surface area contributed by atoms with E-state index in [1.54, 1.807) is 7.11 Å². The maximum atomic E-state index is 13.0. The molecule has 1 aromatic carbocycles. The summed E-state index contributed by atoms with van der Waals surface area (Å²) < 4.78 is 11.8. The van der Waals surface area contributed by atoms with Crippen LogP contribution in [-0.2, 0) is 4.74 Å². The van der Waals surface area contributed by atoms with Crippen molar-refractivity contribution < 1.29 is 14.3 Å². The highest BCUT2D eigenvalue weighted by Gasteiger charge is 2.43. The second-order valence-electron chi connectivity index (χ2n) is 7.90. The lowest BCUT2D eigenvalue weighted by atomic mass is 9.88. The van der Waals surface area contributed by atoms with Crippen LogP contribution in [0.2, 0.25) is 0 Å². The van der Waals surface area contributed by atoms with E-state index in [4.69, 9.17) is 9.47 Å². The van der Waals surface area contributed by atoms with Gasteiger partial charge in [-0.25, -0.2) is 0 Å². The van der Waals surface area contributed by atoms with E-state index in [1.165, 1.54) is 0 Å². The summed E-state index contributed by atoms with van der Waals surface area (Å²) in [6.07, 6.45) is 3.01. The van der Waals surface area contributed by atoms with Crippen LogP contribution in [0.3, 0.4) is 0 Å². The van der Waals surface area contributed by atoms with Crippen molar-refractivity contribution in [3.63, 3.8) is 0 Å². The Morgan fingerprint density at radius 1 is 1.36 bits per heavy atom. The normalized spacial score (nSPS) is 21.9. The Morgan fingerprint density at radius 3 is 2.71 bits per heavy atom. The summed E-state index contributed by atoms with van der Waals surface area (Å²) >= 11 is 0. The SMILES string of the molecule is CC#CCN1CC(CC)OC2(CCN(C(=O)c3ccc(OC)c(C)c3)CC2)C1. The number of aryl methyl sites for hydroxylation is 1. The van der Waals surface area contributed by atoms with Gasteiger partial charge in [-0.1, -0.05) is 12.8 Å². The number of morpholine rings is 1. The quantitative estimate of drug-likeness (QED) is 0.748. The third-order valence-corrected chi connectivity index (χ3v) is 5.93. The van der Waals surface area contributed by atoms with E-state index in [9.17, 15) is 4.79 Å². The van der Waals surface area contributed by atoms with Crippen LogP contribution in [0.1, 0.15) is 49.0 Å². The minimum Gasteiger partial charge on any atom is -0.496 e. The zero-order valence-electron chi connectivity index (χ0n) is 17.6. The number of carbonyl (C=O) groups is 1. The molecule has 0 radical (unpaired) electrons. The predicted octanol–water partition coefficient (Wildman–Crippen LogP) is 3.11. The largest absolute Gasteiger partial charge is 0.496 e. The Balaban J connectivity index is 1.66. The number of hydrogen-bond donors (Lipinski definition) is 0. The van der Waals surface area contributed by atoms with Gasteiger partial charge in [-0.05, 0) is 56.9 Å². The maximum Gasteiger partial charge on any atom is 0.253 e. The lowest BCUT2D eigenvalue weighted by Gasteiger charge is -2.49.